The Morgan fingerprint density at radius 1 is 1.18 bits per heavy atom. The Morgan fingerprint density at radius 3 is 2.39 bits per heavy atom. The Kier molecular flexibility index (Phi) is 5.63. The molecule has 1 amide bonds. The van der Waals surface area contributed by atoms with Crippen molar-refractivity contribution >= 4 is 5.91 Å². The first-order valence-electron chi connectivity index (χ1n) is 8.70. The molecule has 0 aliphatic heterocycles. The van der Waals surface area contributed by atoms with E-state index < -0.39 is 6.04 Å². The van der Waals surface area contributed by atoms with Gasteiger partial charge in [-0.15, -0.1) is 0 Å². The van der Waals surface area contributed by atoms with E-state index in [0.717, 1.165) is 5.56 Å². The van der Waals surface area contributed by atoms with Gasteiger partial charge in [0.1, 0.15) is 29.2 Å². The standard InChI is InChI=1S/C21H22FN3O3/c1-13-17(27-3)11-15(12-18(13)28-4)21(26)24-19(20-23-8-9-25(20)2)14-6-5-7-16(22)10-14/h5-12,19H,1-4H3,(H,24,26)/t19-/m0/s1. The highest BCUT2D eigenvalue weighted by atomic mass is 19.1. The molecule has 3 aromatic rings. The van der Waals surface area contributed by atoms with Gasteiger partial charge in [-0.25, -0.2) is 9.37 Å². The van der Waals surface area contributed by atoms with Gasteiger partial charge in [0.15, 0.2) is 0 Å². The molecule has 0 aliphatic rings. The summed E-state index contributed by atoms with van der Waals surface area (Å²) in [5.41, 5.74) is 1.76. The molecule has 0 spiro atoms. The third-order valence-corrected chi connectivity index (χ3v) is 4.59. The summed E-state index contributed by atoms with van der Waals surface area (Å²) in [6.07, 6.45) is 3.40. The van der Waals surface area contributed by atoms with Crippen LogP contribution in [0.4, 0.5) is 4.39 Å². The molecule has 1 atom stereocenters. The van der Waals surface area contributed by atoms with Crippen molar-refractivity contribution < 1.29 is 18.7 Å². The van der Waals surface area contributed by atoms with Gasteiger partial charge in [0.05, 0.1) is 14.2 Å². The summed E-state index contributed by atoms with van der Waals surface area (Å²) < 4.78 is 26.3. The third kappa shape index (κ3) is 3.83. The maximum absolute atomic E-state index is 13.8. The summed E-state index contributed by atoms with van der Waals surface area (Å²) in [6, 6.07) is 8.76. The number of aromatic nitrogens is 2. The number of methoxy groups -OCH3 is 2. The molecule has 0 fully saturated rings. The van der Waals surface area contributed by atoms with E-state index in [9.17, 15) is 9.18 Å². The number of nitrogens with one attached hydrogen (secondary N) is 1. The molecular formula is C21H22FN3O3. The van der Waals surface area contributed by atoms with Crippen LogP contribution < -0.4 is 14.8 Å². The van der Waals surface area contributed by atoms with Gasteiger partial charge >= 0.3 is 0 Å². The molecule has 1 aromatic heterocycles. The summed E-state index contributed by atoms with van der Waals surface area (Å²) in [6.45, 7) is 1.85. The molecule has 6 nitrogen and oxygen atoms in total. The molecular weight excluding hydrogens is 361 g/mol. The highest BCUT2D eigenvalue weighted by Gasteiger charge is 2.23. The van der Waals surface area contributed by atoms with Crippen LogP contribution in [0.5, 0.6) is 11.5 Å². The van der Waals surface area contributed by atoms with E-state index in [1.165, 1.54) is 26.4 Å². The summed E-state index contributed by atoms with van der Waals surface area (Å²) in [7, 11) is 4.89. The number of imidazole rings is 1. The van der Waals surface area contributed by atoms with Crippen molar-refractivity contribution in [3.63, 3.8) is 0 Å². The van der Waals surface area contributed by atoms with Crippen molar-refractivity contribution in [2.24, 2.45) is 7.05 Å². The lowest BCUT2D eigenvalue weighted by atomic mass is 10.0. The van der Waals surface area contributed by atoms with Crippen LogP contribution in [0.2, 0.25) is 0 Å². The smallest absolute Gasteiger partial charge is 0.252 e. The van der Waals surface area contributed by atoms with Crippen LogP contribution in [0, 0.1) is 12.7 Å². The minimum atomic E-state index is -0.624. The fraction of sp³-hybridized carbons (Fsp3) is 0.238. The van der Waals surface area contributed by atoms with E-state index >= 15 is 0 Å². The van der Waals surface area contributed by atoms with Gasteiger partial charge in [-0.1, -0.05) is 12.1 Å². The number of carbonyl (C=O) groups is 1. The molecule has 0 bridgehead atoms. The van der Waals surface area contributed by atoms with Crippen molar-refractivity contribution in [1.82, 2.24) is 14.9 Å². The van der Waals surface area contributed by atoms with Crippen LogP contribution in [-0.2, 0) is 7.05 Å². The normalized spacial score (nSPS) is 11.8. The maximum atomic E-state index is 13.8. The summed E-state index contributed by atoms with van der Waals surface area (Å²) in [5, 5.41) is 2.94. The summed E-state index contributed by atoms with van der Waals surface area (Å²) in [5.74, 6) is 0.941. The van der Waals surface area contributed by atoms with E-state index in [2.05, 4.69) is 10.3 Å². The van der Waals surface area contributed by atoms with Crippen molar-refractivity contribution in [2.45, 2.75) is 13.0 Å². The second-order valence-corrected chi connectivity index (χ2v) is 6.36. The number of nitrogens with zero attached hydrogens (tertiary/aromatic N) is 2. The number of hydrogen-bond acceptors (Lipinski definition) is 4. The predicted octanol–water partition coefficient (Wildman–Crippen LogP) is 3.40. The Balaban J connectivity index is 2.00. The summed E-state index contributed by atoms with van der Waals surface area (Å²) in [4.78, 5) is 17.3. The number of aryl methyl sites for hydroxylation is 1. The van der Waals surface area contributed by atoms with E-state index in [1.54, 1.807) is 41.2 Å². The van der Waals surface area contributed by atoms with E-state index in [0.29, 0.717) is 28.5 Å². The van der Waals surface area contributed by atoms with Crippen LogP contribution in [0.15, 0.2) is 48.8 Å². The molecule has 28 heavy (non-hydrogen) atoms. The zero-order valence-electron chi connectivity index (χ0n) is 16.2. The average Bonchev–Trinajstić information content (AvgIpc) is 3.11. The number of hydrogen-bond donors (Lipinski definition) is 1. The van der Waals surface area contributed by atoms with Crippen LogP contribution in [-0.4, -0.2) is 29.7 Å². The van der Waals surface area contributed by atoms with E-state index in [4.69, 9.17) is 9.47 Å². The number of ether oxygens (including phenoxy) is 2. The van der Waals surface area contributed by atoms with Gasteiger partial charge in [-0.3, -0.25) is 4.79 Å². The third-order valence-electron chi connectivity index (χ3n) is 4.59. The lowest BCUT2D eigenvalue weighted by molar-refractivity contribution is 0.0940. The van der Waals surface area contributed by atoms with Gasteiger partial charge in [0, 0.05) is 30.6 Å². The highest BCUT2D eigenvalue weighted by molar-refractivity contribution is 5.95. The van der Waals surface area contributed by atoms with Crippen molar-refractivity contribution in [2.75, 3.05) is 14.2 Å². The average molecular weight is 383 g/mol. The number of amides is 1. The molecule has 3 rings (SSSR count). The van der Waals surface area contributed by atoms with Crippen LogP contribution in [0.3, 0.4) is 0 Å². The zero-order valence-corrected chi connectivity index (χ0v) is 16.2. The predicted molar refractivity (Wildman–Crippen MR) is 103 cm³/mol. The second kappa shape index (κ2) is 8.12. The van der Waals surface area contributed by atoms with Gasteiger partial charge in [-0.05, 0) is 36.8 Å². The molecule has 2 aromatic carbocycles. The molecule has 1 N–H and O–H groups in total. The van der Waals surface area contributed by atoms with Crippen molar-refractivity contribution in [1.29, 1.82) is 0 Å². The summed E-state index contributed by atoms with van der Waals surface area (Å²) >= 11 is 0. The quantitative estimate of drug-likeness (QED) is 0.709. The topological polar surface area (TPSA) is 65.4 Å². The first-order chi connectivity index (χ1) is 13.4. The molecule has 1 heterocycles. The Hall–Kier alpha value is -3.35. The fourth-order valence-corrected chi connectivity index (χ4v) is 3.07. The van der Waals surface area contributed by atoms with Gasteiger partial charge in [-0.2, -0.15) is 0 Å². The number of rotatable bonds is 6. The highest BCUT2D eigenvalue weighted by Crippen LogP contribution is 2.30. The molecule has 146 valence electrons. The lowest BCUT2D eigenvalue weighted by Crippen LogP contribution is -2.31. The second-order valence-electron chi connectivity index (χ2n) is 6.36. The van der Waals surface area contributed by atoms with E-state index in [-0.39, 0.29) is 11.7 Å². The minimum Gasteiger partial charge on any atom is -0.496 e. The van der Waals surface area contributed by atoms with Crippen molar-refractivity contribution in [3.8, 4) is 11.5 Å². The van der Waals surface area contributed by atoms with Crippen LogP contribution >= 0.6 is 0 Å². The molecule has 7 heteroatoms. The molecule has 0 unspecified atom stereocenters. The van der Waals surface area contributed by atoms with Gasteiger partial charge in [0.25, 0.3) is 5.91 Å². The molecule has 0 saturated carbocycles. The zero-order chi connectivity index (χ0) is 20.3. The Bertz CT molecular complexity index is 975. The SMILES string of the molecule is COc1cc(C(=O)N[C@@H](c2cccc(F)c2)c2nccn2C)cc(OC)c1C. The van der Waals surface area contributed by atoms with Crippen LogP contribution in [0.25, 0.3) is 0 Å². The first kappa shape index (κ1) is 19.4. The fourth-order valence-electron chi connectivity index (χ4n) is 3.07. The van der Waals surface area contributed by atoms with Gasteiger partial charge < -0.3 is 19.4 Å². The van der Waals surface area contributed by atoms with Crippen LogP contribution in [0.1, 0.15) is 33.4 Å². The number of carbonyl (C=O) groups excluding carboxylic acids is 1. The number of benzene rings is 2. The molecule has 0 saturated heterocycles. The largest absolute Gasteiger partial charge is 0.496 e. The molecule has 0 radical (unpaired) electrons. The van der Waals surface area contributed by atoms with Gasteiger partial charge in [0.2, 0.25) is 0 Å². The minimum absolute atomic E-state index is 0.353. The maximum Gasteiger partial charge on any atom is 0.252 e. The molecule has 0 aliphatic carbocycles. The lowest BCUT2D eigenvalue weighted by Gasteiger charge is -2.20. The number of halogens is 1. The van der Waals surface area contributed by atoms with E-state index in [1.807, 2.05) is 14.0 Å². The first-order valence-corrected chi connectivity index (χ1v) is 8.70. The Morgan fingerprint density at radius 2 is 1.86 bits per heavy atom. The monoisotopic (exact) mass is 383 g/mol. The van der Waals surface area contributed by atoms with Crippen molar-refractivity contribution in [3.05, 3.63) is 77.1 Å². The Labute approximate surface area is 162 Å².